The Kier molecular flexibility index (Phi) is 7.41. The van der Waals surface area contributed by atoms with Gasteiger partial charge in [0.1, 0.15) is 5.82 Å². The van der Waals surface area contributed by atoms with Crippen LogP contribution in [0.25, 0.3) is 0 Å². The molecule has 30 heavy (non-hydrogen) atoms. The lowest BCUT2D eigenvalue weighted by atomic mass is 9.96. The molecule has 0 saturated carbocycles. The van der Waals surface area contributed by atoms with Gasteiger partial charge in [0.25, 0.3) is 0 Å². The zero-order valence-electron chi connectivity index (χ0n) is 16.4. The average Bonchev–Trinajstić information content (AvgIpc) is 2.75. The normalized spacial score (nSPS) is 16.1. The number of carbonyl (C=O) groups is 3. The van der Waals surface area contributed by atoms with Gasteiger partial charge in [-0.05, 0) is 48.2 Å². The smallest absolute Gasteiger partial charge is 0.243 e. The Hall–Kier alpha value is -2.93. The number of hydrogen-bond donors (Lipinski definition) is 2. The molecule has 1 aliphatic rings. The number of amides is 3. The highest BCUT2D eigenvalue weighted by molar-refractivity contribution is 6.30. The minimum atomic E-state index is -0.397. The maximum absolute atomic E-state index is 13.0. The van der Waals surface area contributed by atoms with E-state index >= 15 is 0 Å². The highest BCUT2D eigenvalue weighted by Crippen LogP contribution is 2.18. The molecule has 1 atom stereocenters. The van der Waals surface area contributed by atoms with Crippen LogP contribution in [-0.2, 0) is 27.2 Å². The third-order valence-electron chi connectivity index (χ3n) is 5.02. The van der Waals surface area contributed by atoms with Crippen molar-refractivity contribution in [1.29, 1.82) is 0 Å². The summed E-state index contributed by atoms with van der Waals surface area (Å²) in [5.41, 5.74) is 6.38. The van der Waals surface area contributed by atoms with E-state index in [9.17, 15) is 18.8 Å². The number of piperidine rings is 1. The molecule has 0 aliphatic carbocycles. The molecule has 0 bridgehead atoms. The van der Waals surface area contributed by atoms with Crippen molar-refractivity contribution < 1.29 is 18.8 Å². The summed E-state index contributed by atoms with van der Waals surface area (Å²) >= 11 is 5.82. The zero-order chi connectivity index (χ0) is 21.5. The predicted octanol–water partition coefficient (Wildman–Crippen LogP) is 2.65. The van der Waals surface area contributed by atoms with Gasteiger partial charge in [-0.3, -0.25) is 25.2 Å². The molecule has 3 amide bonds. The number of hydrogen-bond acceptors (Lipinski definition) is 3. The van der Waals surface area contributed by atoms with Crippen molar-refractivity contribution in [1.82, 2.24) is 15.8 Å². The van der Waals surface area contributed by atoms with Crippen LogP contribution in [0, 0.1) is 11.7 Å². The first-order valence-electron chi connectivity index (χ1n) is 9.76. The number of carbonyl (C=O) groups excluding carboxylic acids is 3. The lowest BCUT2D eigenvalue weighted by Gasteiger charge is -2.32. The zero-order valence-corrected chi connectivity index (χ0v) is 17.1. The van der Waals surface area contributed by atoms with E-state index in [1.165, 1.54) is 12.1 Å². The summed E-state index contributed by atoms with van der Waals surface area (Å²) in [6.45, 7) is 0.867. The molecule has 2 aromatic rings. The van der Waals surface area contributed by atoms with Gasteiger partial charge in [0, 0.05) is 18.1 Å². The molecule has 1 fully saturated rings. The molecule has 1 saturated heterocycles. The molecule has 0 radical (unpaired) electrons. The van der Waals surface area contributed by atoms with Crippen molar-refractivity contribution in [3.8, 4) is 0 Å². The summed E-state index contributed by atoms with van der Waals surface area (Å²) in [5.74, 6) is -1.51. The largest absolute Gasteiger partial charge is 0.342 e. The molecule has 1 aliphatic heterocycles. The lowest BCUT2D eigenvalue weighted by molar-refractivity contribution is -0.137. The summed E-state index contributed by atoms with van der Waals surface area (Å²) in [4.78, 5) is 38.7. The minimum absolute atomic E-state index is 0.106. The van der Waals surface area contributed by atoms with Crippen LogP contribution in [0.5, 0.6) is 0 Å². The Balaban J connectivity index is 1.46. The summed E-state index contributed by atoms with van der Waals surface area (Å²) < 4.78 is 13.0. The van der Waals surface area contributed by atoms with Crippen LogP contribution in [0.1, 0.15) is 24.0 Å². The fourth-order valence-corrected chi connectivity index (χ4v) is 3.50. The molecule has 1 heterocycles. The Bertz CT molecular complexity index is 903. The first-order chi connectivity index (χ1) is 14.4. The molecular weight excluding hydrogens is 409 g/mol. The van der Waals surface area contributed by atoms with Crippen LogP contribution >= 0.6 is 11.6 Å². The molecule has 6 nitrogen and oxygen atoms in total. The SMILES string of the molecule is O=C(Cc1ccc(Cl)cc1)NNC(=O)C1CCCN(C(=O)Cc2ccc(F)cc2)C1. The Labute approximate surface area is 179 Å². The predicted molar refractivity (Wildman–Crippen MR) is 111 cm³/mol. The number of nitrogens with one attached hydrogen (secondary N) is 2. The van der Waals surface area contributed by atoms with E-state index in [1.807, 2.05) is 0 Å². The maximum atomic E-state index is 13.0. The van der Waals surface area contributed by atoms with E-state index in [0.29, 0.717) is 31.0 Å². The highest BCUT2D eigenvalue weighted by atomic mass is 35.5. The van der Waals surface area contributed by atoms with Gasteiger partial charge < -0.3 is 4.90 Å². The van der Waals surface area contributed by atoms with Gasteiger partial charge in [0.2, 0.25) is 17.7 Å². The van der Waals surface area contributed by atoms with Crippen molar-refractivity contribution in [3.05, 3.63) is 70.5 Å². The third-order valence-corrected chi connectivity index (χ3v) is 5.27. The van der Waals surface area contributed by atoms with Crippen molar-refractivity contribution in [3.63, 3.8) is 0 Å². The summed E-state index contributed by atoms with van der Waals surface area (Å²) in [5, 5.41) is 0.586. The molecule has 3 rings (SSSR count). The van der Waals surface area contributed by atoms with Crippen LogP contribution in [0.4, 0.5) is 4.39 Å². The lowest BCUT2D eigenvalue weighted by Crippen LogP contribution is -2.50. The third kappa shape index (κ3) is 6.29. The topological polar surface area (TPSA) is 78.5 Å². The molecular formula is C22H23ClFN3O3. The number of hydrazine groups is 1. The van der Waals surface area contributed by atoms with Crippen molar-refractivity contribution in [2.24, 2.45) is 5.92 Å². The number of benzene rings is 2. The monoisotopic (exact) mass is 431 g/mol. The highest BCUT2D eigenvalue weighted by Gasteiger charge is 2.28. The first kappa shape index (κ1) is 21.8. The number of nitrogens with zero attached hydrogens (tertiary/aromatic N) is 1. The number of rotatable bonds is 5. The number of likely N-dealkylation sites (tertiary alicyclic amines) is 1. The fourth-order valence-electron chi connectivity index (χ4n) is 3.37. The molecule has 0 spiro atoms. The van der Waals surface area contributed by atoms with Crippen LogP contribution in [-0.4, -0.2) is 35.7 Å². The maximum Gasteiger partial charge on any atom is 0.243 e. The van der Waals surface area contributed by atoms with Crippen molar-refractivity contribution in [2.75, 3.05) is 13.1 Å². The Morgan fingerprint density at radius 1 is 0.967 bits per heavy atom. The minimum Gasteiger partial charge on any atom is -0.342 e. The second-order valence-electron chi connectivity index (χ2n) is 7.32. The van der Waals surface area contributed by atoms with Gasteiger partial charge in [0.05, 0.1) is 18.8 Å². The first-order valence-corrected chi connectivity index (χ1v) is 10.1. The molecule has 2 aromatic carbocycles. The Morgan fingerprint density at radius 2 is 1.60 bits per heavy atom. The second-order valence-corrected chi connectivity index (χ2v) is 7.76. The van der Waals surface area contributed by atoms with E-state index < -0.39 is 5.92 Å². The van der Waals surface area contributed by atoms with Gasteiger partial charge in [-0.25, -0.2) is 4.39 Å². The summed E-state index contributed by atoms with van der Waals surface area (Å²) in [6.07, 6.45) is 1.61. The van der Waals surface area contributed by atoms with Crippen LogP contribution in [0.3, 0.4) is 0 Å². The second kappa shape index (κ2) is 10.2. The molecule has 0 aromatic heterocycles. The number of halogens is 2. The van der Waals surface area contributed by atoms with Crippen LogP contribution in [0.2, 0.25) is 5.02 Å². The van der Waals surface area contributed by atoms with Crippen molar-refractivity contribution in [2.45, 2.75) is 25.7 Å². The van der Waals surface area contributed by atoms with E-state index in [-0.39, 0.29) is 36.4 Å². The van der Waals surface area contributed by atoms with E-state index in [4.69, 9.17) is 11.6 Å². The van der Waals surface area contributed by atoms with Gasteiger partial charge in [-0.1, -0.05) is 35.9 Å². The molecule has 2 N–H and O–H groups in total. The summed E-state index contributed by atoms with van der Waals surface area (Å²) in [7, 11) is 0. The van der Waals surface area contributed by atoms with Crippen molar-refractivity contribution >= 4 is 29.3 Å². The van der Waals surface area contributed by atoms with Crippen LogP contribution in [0.15, 0.2) is 48.5 Å². The van der Waals surface area contributed by atoms with Crippen LogP contribution < -0.4 is 10.9 Å². The molecule has 8 heteroatoms. The fraction of sp³-hybridized carbons (Fsp3) is 0.318. The molecule has 158 valence electrons. The Morgan fingerprint density at radius 3 is 2.30 bits per heavy atom. The standard InChI is InChI=1S/C22H23ClFN3O3/c23-18-7-3-15(4-8-18)12-20(28)25-26-22(30)17-2-1-11-27(14-17)21(29)13-16-5-9-19(24)10-6-16/h3-10,17H,1-2,11-14H2,(H,25,28)(H,26,30). The van der Waals surface area contributed by atoms with E-state index in [0.717, 1.165) is 11.1 Å². The average molecular weight is 432 g/mol. The van der Waals surface area contributed by atoms with Gasteiger partial charge in [-0.2, -0.15) is 0 Å². The molecule has 1 unspecified atom stereocenters. The van der Waals surface area contributed by atoms with E-state index in [1.54, 1.807) is 41.3 Å². The van der Waals surface area contributed by atoms with Gasteiger partial charge >= 0.3 is 0 Å². The summed E-state index contributed by atoms with van der Waals surface area (Å²) in [6, 6.07) is 12.7. The quantitative estimate of drug-likeness (QED) is 0.714. The van der Waals surface area contributed by atoms with Gasteiger partial charge in [-0.15, -0.1) is 0 Å². The van der Waals surface area contributed by atoms with Gasteiger partial charge in [0.15, 0.2) is 0 Å². The van der Waals surface area contributed by atoms with E-state index in [2.05, 4.69) is 10.9 Å².